The smallest absolute Gasteiger partial charge is 0.262 e. The zero-order chi connectivity index (χ0) is 26.9. The van der Waals surface area contributed by atoms with Crippen LogP contribution in [-0.2, 0) is 0 Å². The van der Waals surface area contributed by atoms with Crippen molar-refractivity contribution in [2.24, 2.45) is 11.5 Å². The van der Waals surface area contributed by atoms with E-state index in [9.17, 15) is 4.79 Å². The van der Waals surface area contributed by atoms with Crippen molar-refractivity contribution in [3.8, 4) is 10.8 Å². The van der Waals surface area contributed by atoms with E-state index in [1.807, 2.05) is 49.6 Å². The number of benzene rings is 1. The van der Waals surface area contributed by atoms with E-state index in [1.165, 1.54) is 16.9 Å². The van der Waals surface area contributed by atoms with Gasteiger partial charge < -0.3 is 16.2 Å². The number of rotatable bonds is 8. The fraction of sp³-hybridized carbons (Fsp3) is 0.379. The van der Waals surface area contributed by atoms with Crippen molar-refractivity contribution < 1.29 is 9.53 Å². The second-order valence-electron chi connectivity index (χ2n) is 9.25. The van der Waals surface area contributed by atoms with Crippen LogP contribution in [0, 0.1) is 0 Å². The molecule has 1 aliphatic rings. The molecule has 4 rings (SSSR count). The zero-order valence-electron chi connectivity index (χ0n) is 21.8. The molecule has 0 saturated heterocycles. The van der Waals surface area contributed by atoms with Gasteiger partial charge in [-0.05, 0) is 70.1 Å². The molecule has 4 N–H and O–H groups in total. The number of halogens is 1. The first-order chi connectivity index (χ1) is 17.8. The Balaban J connectivity index is 0.000000695. The lowest BCUT2D eigenvalue weighted by Gasteiger charge is -2.26. The fourth-order valence-corrected chi connectivity index (χ4v) is 5.58. The maximum atomic E-state index is 12.1. The lowest BCUT2D eigenvalue weighted by molar-refractivity contribution is 0.0998. The summed E-state index contributed by atoms with van der Waals surface area (Å²) in [5, 5.41) is 1.55. The predicted octanol–water partition coefficient (Wildman–Crippen LogP) is 7.22. The summed E-state index contributed by atoms with van der Waals surface area (Å²) in [5.41, 5.74) is 15.0. The first-order valence-corrected chi connectivity index (χ1v) is 13.8. The number of ether oxygens (including phenoxy) is 1. The molecule has 2 aromatic heterocycles. The van der Waals surface area contributed by atoms with Gasteiger partial charge in [0.15, 0.2) is 0 Å². The minimum absolute atomic E-state index is 0.192. The molecule has 1 aliphatic carbocycles. The van der Waals surface area contributed by atoms with Crippen molar-refractivity contribution in [2.45, 2.75) is 70.9 Å². The van der Waals surface area contributed by atoms with E-state index in [1.54, 1.807) is 12.4 Å². The Morgan fingerprint density at radius 1 is 1.30 bits per heavy atom. The number of aromatic nitrogens is 2. The molecular formula is C29H37ClN4O2S. The molecule has 2 heterocycles. The van der Waals surface area contributed by atoms with Crippen molar-refractivity contribution in [3.63, 3.8) is 0 Å². The van der Waals surface area contributed by atoms with Crippen LogP contribution in [0.5, 0.6) is 5.75 Å². The molecule has 1 fully saturated rings. The number of nitrogens with zero attached hydrogens (tertiary/aromatic N) is 2. The molecule has 0 bridgehead atoms. The number of amides is 1. The molecule has 1 saturated carbocycles. The highest BCUT2D eigenvalue weighted by Crippen LogP contribution is 2.37. The molecule has 198 valence electrons. The lowest BCUT2D eigenvalue weighted by atomic mass is 9.82. The monoisotopic (exact) mass is 540 g/mol. The van der Waals surface area contributed by atoms with Crippen LogP contribution in [0.2, 0.25) is 0 Å². The van der Waals surface area contributed by atoms with Crippen LogP contribution < -0.4 is 16.2 Å². The standard InChI is InChI=1S/C24H29ClN4O2S.C5H8/c1-3-17(25)10-14(2)31-21-12-22(32-23(21)24(27)30)29-13-28-19-9-6-16(11-20(19)29)15-4-7-18(26)8-5-15;1-3-5-4-2/h3,6,9,11-15,18H,4-5,7-8,10,26H2,1-2H3,(H2,27,30);3-5H,1H2,2H3/b17-3+;5-4-. The summed E-state index contributed by atoms with van der Waals surface area (Å²) in [5.74, 6) is 0.484. The third kappa shape index (κ3) is 7.57. The van der Waals surface area contributed by atoms with E-state index in [2.05, 4.69) is 29.8 Å². The average molecular weight is 541 g/mol. The predicted molar refractivity (Wildman–Crippen MR) is 156 cm³/mol. The number of thiophene rings is 1. The number of hydrogen-bond acceptors (Lipinski definition) is 5. The van der Waals surface area contributed by atoms with Crippen LogP contribution in [-0.4, -0.2) is 27.6 Å². The molecule has 1 amide bonds. The second-order valence-corrected chi connectivity index (χ2v) is 10.8. The third-order valence-electron chi connectivity index (χ3n) is 6.41. The van der Waals surface area contributed by atoms with Crippen LogP contribution in [0.25, 0.3) is 16.0 Å². The highest BCUT2D eigenvalue weighted by Gasteiger charge is 2.22. The Morgan fingerprint density at radius 3 is 2.62 bits per heavy atom. The molecule has 0 aliphatic heterocycles. The number of nitrogens with two attached hydrogens (primary N) is 2. The van der Waals surface area contributed by atoms with Crippen LogP contribution in [0.3, 0.4) is 0 Å². The highest BCUT2D eigenvalue weighted by atomic mass is 35.5. The highest BCUT2D eigenvalue weighted by molar-refractivity contribution is 7.16. The number of imidazole rings is 1. The van der Waals surface area contributed by atoms with E-state index in [0.717, 1.165) is 41.7 Å². The van der Waals surface area contributed by atoms with Crippen LogP contribution in [0.15, 0.2) is 66.5 Å². The number of allylic oxidation sites excluding steroid dienone is 4. The van der Waals surface area contributed by atoms with E-state index >= 15 is 0 Å². The second kappa shape index (κ2) is 13.6. The average Bonchev–Trinajstić information content (AvgIpc) is 3.49. The van der Waals surface area contributed by atoms with E-state index in [0.29, 0.717) is 34.0 Å². The van der Waals surface area contributed by atoms with Crippen molar-refractivity contribution in [2.75, 3.05) is 0 Å². The van der Waals surface area contributed by atoms with Gasteiger partial charge in [0.25, 0.3) is 5.91 Å². The van der Waals surface area contributed by atoms with E-state index in [-0.39, 0.29) is 6.10 Å². The molecule has 1 aromatic carbocycles. The summed E-state index contributed by atoms with van der Waals surface area (Å²) in [4.78, 5) is 17.0. The molecule has 37 heavy (non-hydrogen) atoms. The summed E-state index contributed by atoms with van der Waals surface area (Å²) < 4.78 is 8.04. The van der Waals surface area contributed by atoms with Gasteiger partial charge in [0.05, 0.1) is 11.0 Å². The van der Waals surface area contributed by atoms with Crippen molar-refractivity contribution in [1.82, 2.24) is 9.55 Å². The molecule has 1 atom stereocenters. The van der Waals surface area contributed by atoms with Gasteiger partial charge in [0, 0.05) is 23.6 Å². The van der Waals surface area contributed by atoms with Gasteiger partial charge in [0.2, 0.25) is 0 Å². The molecule has 1 unspecified atom stereocenters. The van der Waals surface area contributed by atoms with Crippen LogP contribution >= 0.6 is 22.9 Å². The van der Waals surface area contributed by atoms with Gasteiger partial charge in [-0.15, -0.1) is 11.3 Å². The first kappa shape index (κ1) is 28.7. The molecule has 8 heteroatoms. The summed E-state index contributed by atoms with van der Waals surface area (Å²) >= 11 is 7.45. The number of carbonyl (C=O) groups is 1. The summed E-state index contributed by atoms with van der Waals surface area (Å²) in [6, 6.07) is 8.63. The Morgan fingerprint density at radius 2 is 2.03 bits per heavy atom. The number of hydrogen-bond donors (Lipinski definition) is 2. The topological polar surface area (TPSA) is 96.2 Å². The first-order valence-electron chi connectivity index (χ1n) is 12.6. The third-order valence-corrected chi connectivity index (χ3v) is 7.92. The van der Waals surface area contributed by atoms with Gasteiger partial charge in [-0.2, -0.15) is 0 Å². The Hall–Kier alpha value is -2.87. The quantitative estimate of drug-likeness (QED) is 0.295. The Labute approximate surface area is 228 Å². The van der Waals surface area contributed by atoms with Gasteiger partial charge in [-0.1, -0.05) is 48.6 Å². The summed E-state index contributed by atoms with van der Waals surface area (Å²) in [6.07, 6.45) is 13.9. The number of fused-ring (bicyclic) bond motifs is 1. The zero-order valence-corrected chi connectivity index (χ0v) is 23.4. The van der Waals surface area contributed by atoms with Gasteiger partial charge in [0.1, 0.15) is 28.1 Å². The Kier molecular flexibility index (Phi) is 10.6. The van der Waals surface area contributed by atoms with Crippen LogP contribution in [0.1, 0.15) is 74.0 Å². The fourth-order valence-electron chi connectivity index (χ4n) is 4.43. The molecule has 0 radical (unpaired) electrons. The minimum atomic E-state index is -0.510. The van der Waals surface area contributed by atoms with Crippen molar-refractivity contribution >= 4 is 39.9 Å². The normalized spacial score (nSPS) is 18.9. The van der Waals surface area contributed by atoms with E-state index < -0.39 is 5.91 Å². The SMILES string of the molecule is C/C=C(/Cl)CC(C)Oc1cc(-n2cnc3ccc(C4CCC(N)CC4)cc32)sc1C(N)=O.C=C/C=C\C. The minimum Gasteiger partial charge on any atom is -0.489 e. The van der Waals surface area contributed by atoms with E-state index in [4.69, 9.17) is 27.8 Å². The number of carbonyl (C=O) groups excluding carboxylic acids is 1. The van der Waals surface area contributed by atoms with Crippen LogP contribution in [0.4, 0.5) is 0 Å². The lowest BCUT2D eigenvalue weighted by Crippen LogP contribution is -2.25. The number of primary amides is 1. The maximum absolute atomic E-state index is 12.1. The molecule has 6 nitrogen and oxygen atoms in total. The van der Waals surface area contributed by atoms with Crippen molar-refractivity contribution in [1.29, 1.82) is 0 Å². The summed E-state index contributed by atoms with van der Waals surface area (Å²) in [7, 11) is 0. The molecular weight excluding hydrogens is 504 g/mol. The van der Waals surface area contributed by atoms with Gasteiger partial charge in [-0.3, -0.25) is 9.36 Å². The largest absolute Gasteiger partial charge is 0.489 e. The Bertz CT molecular complexity index is 1270. The van der Waals surface area contributed by atoms with Crippen molar-refractivity contribution in [3.05, 3.63) is 76.9 Å². The molecule has 0 spiro atoms. The van der Waals surface area contributed by atoms with Gasteiger partial charge in [-0.25, -0.2) is 4.98 Å². The maximum Gasteiger partial charge on any atom is 0.262 e. The van der Waals surface area contributed by atoms with Gasteiger partial charge >= 0.3 is 0 Å². The molecule has 3 aromatic rings. The summed E-state index contributed by atoms with van der Waals surface area (Å²) in [6.45, 7) is 9.22.